The Morgan fingerprint density at radius 1 is 1.13 bits per heavy atom. The highest BCUT2D eigenvalue weighted by atomic mass is 79.9. The van der Waals surface area contributed by atoms with Crippen molar-refractivity contribution in [3.8, 4) is 11.5 Å². The van der Waals surface area contributed by atoms with Gasteiger partial charge in [-0.15, -0.1) is 0 Å². The molecule has 3 aromatic carbocycles. The Bertz CT molecular complexity index is 1140. The van der Waals surface area contributed by atoms with Crippen molar-refractivity contribution in [1.29, 1.82) is 0 Å². The zero-order chi connectivity index (χ0) is 21.4. The maximum absolute atomic E-state index is 6.44. The molecule has 0 aliphatic carbocycles. The standard InChI is InChI=1S/C26H23BrN2O2/c1-3-14-30-21-11-8-18(9-12-21)23-16-24-22-15-20(27)10-13-25(22)31-26(29(24)28-23)19-6-4-17(2)5-7-19/h3-13,15,24,26H,1,14,16H2,2H3/t24-,26-/m0/s1. The molecule has 0 amide bonds. The molecule has 0 aromatic heterocycles. The molecule has 0 bridgehead atoms. The van der Waals surface area contributed by atoms with Crippen molar-refractivity contribution in [3.63, 3.8) is 0 Å². The van der Waals surface area contributed by atoms with Crippen LogP contribution in [0.1, 0.15) is 40.9 Å². The molecule has 0 N–H and O–H groups in total. The molecule has 5 heteroatoms. The summed E-state index contributed by atoms with van der Waals surface area (Å²) < 4.78 is 13.1. The Labute approximate surface area is 190 Å². The summed E-state index contributed by atoms with van der Waals surface area (Å²) in [4.78, 5) is 0. The molecule has 2 aliphatic rings. The van der Waals surface area contributed by atoms with Crippen molar-refractivity contribution in [1.82, 2.24) is 5.01 Å². The number of hydrazone groups is 1. The Kier molecular flexibility index (Phi) is 5.28. The molecule has 0 unspecified atom stereocenters. The Morgan fingerprint density at radius 2 is 1.90 bits per heavy atom. The van der Waals surface area contributed by atoms with E-state index in [0.717, 1.165) is 44.8 Å². The van der Waals surface area contributed by atoms with Crippen molar-refractivity contribution in [2.24, 2.45) is 5.10 Å². The minimum atomic E-state index is -0.257. The number of ether oxygens (including phenoxy) is 2. The number of benzene rings is 3. The third kappa shape index (κ3) is 3.86. The molecule has 0 spiro atoms. The van der Waals surface area contributed by atoms with E-state index in [1.807, 2.05) is 24.3 Å². The largest absolute Gasteiger partial charge is 0.490 e. The van der Waals surface area contributed by atoms with Crippen molar-refractivity contribution < 1.29 is 9.47 Å². The average molecular weight is 475 g/mol. The average Bonchev–Trinajstić information content (AvgIpc) is 3.24. The van der Waals surface area contributed by atoms with Gasteiger partial charge in [-0.3, -0.25) is 0 Å². The van der Waals surface area contributed by atoms with Crippen molar-refractivity contribution in [3.05, 3.63) is 106 Å². The number of aryl methyl sites for hydroxylation is 1. The summed E-state index contributed by atoms with van der Waals surface area (Å²) >= 11 is 3.61. The molecule has 0 radical (unpaired) electrons. The zero-order valence-corrected chi connectivity index (χ0v) is 18.9. The minimum Gasteiger partial charge on any atom is -0.490 e. The summed E-state index contributed by atoms with van der Waals surface area (Å²) in [5, 5.41) is 7.14. The maximum atomic E-state index is 6.44. The van der Waals surface area contributed by atoms with Crippen molar-refractivity contribution in [2.75, 3.05) is 6.61 Å². The van der Waals surface area contributed by atoms with Crippen LogP contribution >= 0.6 is 15.9 Å². The lowest BCUT2D eigenvalue weighted by Crippen LogP contribution is -2.33. The maximum Gasteiger partial charge on any atom is 0.213 e. The van der Waals surface area contributed by atoms with Gasteiger partial charge in [-0.2, -0.15) is 5.10 Å². The third-order valence-corrected chi connectivity index (χ3v) is 6.16. The molecule has 0 fully saturated rings. The second-order valence-corrected chi connectivity index (χ2v) is 8.75. The molecular formula is C26H23BrN2O2. The van der Waals surface area contributed by atoms with Gasteiger partial charge >= 0.3 is 0 Å². The van der Waals surface area contributed by atoms with Gasteiger partial charge in [-0.05, 0) is 55.0 Å². The lowest BCUT2D eigenvalue weighted by molar-refractivity contribution is -0.0190. The molecular weight excluding hydrogens is 452 g/mol. The Hall–Kier alpha value is -3.05. The predicted molar refractivity (Wildman–Crippen MR) is 127 cm³/mol. The first-order valence-electron chi connectivity index (χ1n) is 10.3. The van der Waals surface area contributed by atoms with Crippen LogP contribution in [0.15, 0.2) is 89.0 Å². The lowest BCUT2D eigenvalue weighted by atomic mass is 9.96. The fraction of sp³-hybridized carbons (Fsp3) is 0.192. The van der Waals surface area contributed by atoms with E-state index in [-0.39, 0.29) is 12.3 Å². The van der Waals surface area contributed by atoms with E-state index in [1.54, 1.807) is 6.08 Å². The van der Waals surface area contributed by atoms with E-state index >= 15 is 0 Å². The highest BCUT2D eigenvalue weighted by Gasteiger charge is 2.41. The van der Waals surface area contributed by atoms with Gasteiger partial charge < -0.3 is 9.47 Å². The van der Waals surface area contributed by atoms with E-state index in [4.69, 9.17) is 14.6 Å². The second kappa shape index (κ2) is 8.23. The van der Waals surface area contributed by atoms with Gasteiger partial charge in [0, 0.05) is 22.0 Å². The molecule has 2 aliphatic heterocycles. The molecule has 156 valence electrons. The molecule has 4 nitrogen and oxygen atoms in total. The molecule has 2 atom stereocenters. The number of nitrogens with zero attached hydrogens (tertiary/aromatic N) is 2. The summed E-state index contributed by atoms with van der Waals surface area (Å²) in [6, 6.07) is 22.9. The third-order valence-electron chi connectivity index (χ3n) is 5.67. The normalized spacial score (nSPS) is 19.2. The fourth-order valence-corrected chi connectivity index (χ4v) is 4.46. The Morgan fingerprint density at radius 3 is 2.65 bits per heavy atom. The summed E-state index contributed by atoms with van der Waals surface area (Å²) in [6.07, 6.45) is 2.31. The molecule has 3 aromatic rings. The summed E-state index contributed by atoms with van der Waals surface area (Å²) in [7, 11) is 0. The number of fused-ring (bicyclic) bond motifs is 3. The van der Waals surface area contributed by atoms with E-state index in [0.29, 0.717) is 6.61 Å². The predicted octanol–water partition coefficient (Wildman–Crippen LogP) is 6.56. The van der Waals surface area contributed by atoms with E-state index in [9.17, 15) is 0 Å². The van der Waals surface area contributed by atoms with Crippen LogP contribution in [0, 0.1) is 6.92 Å². The highest BCUT2D eigenvalue weighted by Crippen LogP contribution is 2.48. The first-order chi connectivity index (χ1) is 15.1. The number of hydrogen-bond acceptors (Lipinski definition) is 4. The smallest absolute Gasteiger partial charge is 0.213 e. The molecule has 0 saturated carbocycles. The van der Waals surface area contributed by atoms with Crippen LogP contribution in [0.5, 0.6) is 11.5 Å². The van der Waals surface area contributed by atoms with Crippen molar-refractivity contribution >= 4 is 21.6 Å². The van der Waals surface area contributed by atoms with Crippen molar-refractivity contribution in [2.45, 2.75) is 25.6 Å². The quantitative estimate of drug-likeness (QED) is 0.392. The van der Waals surface area contributed by atoms with Gasteiger partial charge in [0.05, 0.1) is 11.8 Å². The summed E-state index contributed by atoms with van der Waals surface area (Å²) in [5.41, 5.74) is 5.63. The van der Waals surface area contributed by atoms with E-state index in [1.165, 1.54) is 5.56 Å². The first kappa shape index (κ1) is 19.9. The second-order valence-electron chi connectivity index (χ2n) is 7.83. The van der Waals surface area contributed by atoms with Gasteiger partial charge in [0.15, 0.2) is 0 Å². The number of hydrogen-bond donors (Lipinski definition) is 0. The van der Waals surface area contributed by atoms with Crippen LogP contribution in [0.4, 0.5) is 0 Å². The van der Waals surface area contributed by atoms with Gasteiger partial charge in [-0.25, -0.2) is 5.01 Å². The summed E-state index contributed by atoms with van der Waals surface area (Å²) in [5.74, 6) is 1.75. The molecule has 2 heterocycles. The highest BCUT2D eigenvalue weighted by molar-refractivity contribution is 9.10. The molecule has 31 heavy (non-hydrogen) atoms. The van der Waals surface area contributed by atoms with E-state index < -0.39 is 0 Å². The van der Waals surface area contributed by atoms with Crippen LogP contribution in [-0.4, -0.2) is 17.3 Å². The fourth-order valence-electron chi connectivity index (χ4n) is 4.08. The molecule has 5 rings (SSSR count). The van der Waals surface area contributed by atoms with Crippen LogP contribution in [0.25, 0.3) is 0 Å². The van der Waals surface area contributed by atoms with Gasteiger partial charge in [-0.1, -0.05) is 58.4 Å². The van der Waals surface area contributed by atoms with Crippen LogP contribution < -0.4 is 9.47 Å². The topological polar surface area (TPSA) is 34.1 Å². The zero-order valence-electron chi connectivity index (χ0n) is 17.3. The Balaban J connectivity index is 1.51. The summed E-state index contributed by atoms with van der Waals surface area (Å²) in [6.45, 7) is 6.28. The first-order valence-corrected chi connectivity index (χ1v) is 11.1. The SMILES string of the molecule is C=CCOc1ccc(C2=NN3[C@@H](C2)c2cc(Br)ccc2O[C@H]3c2ccc(C)cc2)cc1. The lowest BCUT2D eigenvalue weighted by Gasteiger charge is -2.38. The van der Waals surface area contributed by atoms with Crippen LogP contribution in [0.2, 0.25) is 0 Å². The number of halogens is 1. The number of rotatable bonds is 5. The monoisotopic (exact) mass is 474 g/mol. The van der Waals surface area contributed by atoms with Gasteiger partial charge in [0.2, 0.25) is 6.23 Å². The molecule has 0 saturated heterocycles. The van der Waals surface area contributed by atoms with Crippen LogP contribution in [0.3, 0.4) is 0 Å². The van der Waals surface area contributed by atoms with Crippen LogP contribution in [-0.2, 0) is 0 Å². The van der Waals surface area contributed by atoms with Gasteiger partial charge in [0.1, 0.15) is 18.1 Å². The van der Waals surface area contributed by atoms with Gasteiger partial charge in [0.25, 0.3) is 0 Å². The van der Waals surface area contributed by atoms with E-state index in [2.05, 4.69) is 76.9 Å². The minimum absolute atomic E-state index is 0.124.